The van der Waals surface area contributed by atoms with Gasteiger partial charge in [0.05, 0.1) is 19.8 Å². The average molecular weight is 334 g/mol. The fourth-order valence-corrected chi connectivity index (χ4v) is 3.42. The van der Waals surface area contributed by atoms with Crippen molar-refractivity contribution in [2.24, 2.45) is 0 Å². The normalized spacial score (nSPS) is 21.7. The van der Waals surface area contributed by atoms with Crippen molar-refractivity contribution in [3.05, 3.63) is 23.8 Å². The first-order valence-electron chi connectivity index (χ1n) is 8.04. The van der Waals surface area contributed by atoms with E-state index in [1.54, 1.807) is 12.0 Å². The smallest absolute Gasteiger partial charge is 0.251 e. The van der Waals surface area contributed by atoms with E-state index in [1.165, 1.54) is 12.8 Å². The summed E-state index contributed by atoms with van der Waals surface area (Å²) in [4.78, 5) is 13.7. The molecule has 5 nitrogen and oxygen atoms in total. The van der Waals surface area contributed by atoms with Crippen LogP contribution >= 0.6 is 12.2 Å². The first-order chi connectivity index (χ1) is 11.1. The van der Waals surface area contributed by atoms with Gasteiger partial charge in [0.2, 0.25) is 0 Å². The molecule has 0 unspecified atom stereocenters. The highest BCUT2D eigenvalue weighted by molar-refractivity contribution is 7.80. The SMILES string of the molecule is COc1cc(CN2C(=O)[C@H](C)NC2=S)ccc1OC1CCCC1. The van der Waals surface area contributed by atoms with E-state index < -0.39 is 0 Å². The van der Waals surface area contributed by atoms with Crippen LogP contribution in [0.25, 0.3) is 0 Å². The van der Waals surface area contributed by atoms with E-state index in [-0.39, 0.29) is 18.1 Å². The van der Waals surface area contributed by atoms with Gasteiger partial charge in [-0.15, -0.1) is 0 Å². The monoisotopic (exact) mass is 334 g/mol. The molecule has 0 spiro atoms. The van der Waals surface area contributed by atoms with Gasteiger partial charge in [-0.1, -0.05) is 6.07 Å². The van der Waals surface area contributed by atoms with Crippen LogP contribution in [0.1, 0.15) is 38.2 Å². The highest BCUT2D eigenvalue weighted by Crippen LogP contribution is 2.32. The molecule has 1 N–H and O–H groups in total. The van der Waals surface area contributed by atoms with Crippen LogP contribution in [0.3, 0.4) is 0 Å². The van der Waals surface area contributed by atoms with E-state index in [0.717, 1.165) is 24.2 Å². The Morgan fingerprint density at radius 3 is 2.65 bits per heavy atom. The minimum absolute atomic E-state index is 0.000231. The number of benzene rings is 1. The predicted octanol–water partition coefficient (Wildman–Crippen LogP) is 2.62. The van der Waals surface area contributed by atoms with Gasteiger partial charge >= 0.3 is 0 Å². The molecule has 2 aliphatic rings. The number of nitrogens with zero attached hydrogens (tertiary/aromatic N) is 1. The molecule has 6 heteroatoms. The lowest BCUT2D eigenvalue weighted by molar-refractivity contribution is -0.127. The second-order valence-corrected chi connectivity index (χ2v) is 6.49. The number of methoxy groups -OCH3 is 1. The van der Waals surface area contributed by atoms with Crippen LogP contribution in [0, 0.1) is 0 Å². The van der Waals surface area contributed by atoms with E-state index >= 15 is 0 Å². The van der Waals surface area contributed by atoms with Crippen molar-refractivity contribution in [2.75, 3.05) is 7.11 Å². The molecule has 1 aliphatic carbocycles. The molecule has 1 aromatic carbocycles. The molecule has 1 aromatic rings. The van der Waals surface area contributed by atoms with Crippen LogP contribution in [0.4, 0.5) is 0 Å². The van der Waals surface area contributed by atoms with Crippen LogP contribution in [0.5, 0.6) is 11.5 Å². The third-order valence-electron chi connectivity index (χ3n) is 4.39. The summed E-state index contributed by atoms with van der Waals surface area (Å²) in [6, 6.07) is 5.55. The quantitative estimate of drug-likeness (QED) is 0.839. The Labute approximate surface area is 141 Å². The van der Waals surface area contributed by atoms with Crippen LogP contribution in [0.2, 0.25) is 0 Å². The molecule has 0 bridgehead atoms. The highest BCUT2D eigenvalue weighted by atomic mass is 32.1. The summed E-state index contributed by atoms with van der Waals surface area (Å²) in [6.07, 6.45) is 4.94. The molecule has 1 saturated carbocycles. The molecule has 1 saturated heterocycles. The van der Waals surface area contributed by atoms with Gasteiger partial charge in [0.15, 0.2) is 16.6 Å². The molecule has 0 radical (unpaired) electrons. The predicted molar refractivity (Wildman–Crippen MR) is 91.6 cm³/mol. The van der Waals surface area contributed by atoms with E-state index in [9.17, 15) is 4.79 Å². The Bertz CT molecular complexity index is 614. The third kappa shape index (κ3) is 3.42. The number of carbonyl (C=O) groups is 1. The van der Waals surface area contributed by atoms with Crippen molar-refractivity contribution in [3.8, 4) is 11.5 Å². The lowest BCUT2D eigenvalue weighted by atomic mass is 10.2. The fraction of sp³-hybridized carbons (Fsp3) is 0.529. The number of nitrogens with one attached hydrogen (secondary N) is 1. The van der Waals surface area contributed by atoms with Crippen molar-refractivity contribution in [2.45, 2.75) is 51.3 Å². The van der Waals surface area contributed by atoms with E-state index in [0.29, 0.717) is 17.4 Å². The molecule has 23 heavy (non-hydrogen) atoms. The number of ether oxygens (including phenoxy) is 2. The van der Waals surface area contributed by atoms with Crippen LogP contribution in [0.15, 0.2) is 18.2 Å². The minimum Gasteiger partial charge on any atom is -0.493 e. The second-order valence-electron chi connectivity index (χ2n) is 6.11. The molecular formula is C17H22N2O3S. The summed E-state index contributed by atoms with van der Waals surface area (Å²) >= 11 is 5.21. The maximum absolute atomic E-state index is 12.1. The Hall–Kier alpha value is -1.82. The van der Waals surface area contributed by atoms with Crippen molar-refractivity contribution in [1.82, 2.24) is 10.2 Å². The Balaban J connectivity index is 1.73. The van der Waals surface area contributed by atoms with Gasteiger partial charge in [0.1, 0.15) is 6.04 Å². The first-order valence-corrected chi connectivity index (χ1v) is 8.44. The number of hydrogen-bond donors (Lipinski definition) is 1. The summed E-state index contributed by atoms with van der Waals surface area (Å²) in [7, 11) is 1.63. The zero-order chi connectivity index (χ0) is 16.4. The topological polar surface area (TPSA) is 50.8 Å². The second kappa shape index (κ2) is 6.74. The average Bonchev–Trinajstić information content (AvgIpc) is 3.13. The maximum Gasteiger partial charge on any atom is 0.251 e. The van der Waals surface area contributed by atoms with Crippen LogP contribution < -0.4 is 14.8 Å². The zero-order valence-corrected chi connectivity index (χ0v) is 14.3. The van der Waals surface area contributed by atoms with Crippen molar-refractivity contribution in [1.29, 1.82) is 0 Å². The van der Waals surface area contributed by atoms with Crippen LogP contribution in [-0.4, -0.2) is 35.2 Å². The Morgan fingerprint density at radius 1 is 1.30 bits per heavy atom. The molecule has 1 aliphatic heterocycles. The Kier molecular flexibility index (Phi) is 4.71. The first kappa shape index (κ1) is 16.1. The number of amides is 1. The summed E-state index contributed by atoms with van der Waals surface area (Å²) in [6.45, 7) is 2.25. The molecule has 3 rings (SSSR count). The van der Waals surface area contributed by atoms with Gasteiger partial charge in [-0.05, 0) is 62.5 Å². The van der Waals surface area contributed by atoms with Gasteiger partial charge in [-0.2, -0.15) is 0 Å². The molecule has 0 aromatic heterocycles. The number of carbonyl (C=O) groups excluding carboxylic acids is 1. The van der Waals surface area contributed by atoms with Gasteiger partial charge in [0.25, 0.3) is 5.91 Å². The lowest BCUT2D eigenvalue weighted by Crippen LogP contribution is -2.30. The zero-order valence-electron chi connectivity index (χ0n) is 13.5. The highest BCUT2D eigenvalue weighted by Gasteiger charge is 2.32. The van der Waals surface area contributed by atoms with Crippen molar-refractivity contribution >= 4 is 23.2 Å². The van der Waals surface area contributed by atoms with Gasteiger partial charge < -0.3 is 14.8 Å². The number of hydrogen-bond acceptors (Lipinski definition) is 4. The summed E-state index contributed by atoms with van der Waals surface area (Å²) in [5.41, 5.74) is 0.965. The fourth-order valence-electron chi connectivity index (χ4n) is 3.08. The summed E-state index contributed by atoms with van der Waals surface area (Å²) in [5, 5.41) is 3.46. The van der Waals surface area contributed by atoms with E-state index in [4.69, 9.17) is 21.7 Å². The molecule has 2 fully saturated rings. The Morgan fingerprint density at radius 2 is 2.04 bits per heavy atom. The van der Waals surface area contributed by atoms with Gasteiger partial charge in [-0.25, -0.2) is 0 Å². The molecule has 124 valence electrons. The molecule has 1 atom stereocenters. The summed E-state index contributed by atoms with van der Waals surface area (Å²) < 4.78 is 11.5. The van der Waals surface area contributed by atoms with Crippen molar-refractivity contribution < 1.29 is 14.3 Å². The van der Waals surface area contributed by atoms with Gasteiger partial charge in [0, 0.05) is 0 Å². The summed E-state index contributed by atoms with van der Waals surface area (Å²) in [5.74, 6) is 1.47. The van der Waals surface area contributed by atoms with Crippen molar-refractivity contribution in [3.63, 3.8) is 0 Å². The minimum atomic E-state index is -0.255. The largest absolute Gasteiger partial charge is 0.493 e. The standard InChI is InChI=1S/C17H22N2O3S/c1-11-16(20)19(17(23)18-11)10-12-7-8-14(15(9-12)21-2)22-13-5-3-4-6-13/h7-9,11,13H,3-6,10H2,1-2H3,(H,18,23)/t11-/m0/s1. The molecule has 1 amide bonds. The number of rotatable bonds is 5. The number of thiocarbonyl (C=S) groups is 1. The molecule has 1 heterocycles. The van der Waals surface area contributed by atoms with Crippen LogP contribution in [-0.2, 0) is 11.3 Å². The van der Waals surface area contributed by atoms with E-state index in [2.05, 4.69) is 5.32 Å². The lowest BCUT2D eigenvalue weighted by Gasteiger charge is -2.18. The van der Waals surface area contributed by atoms with E-state index in [1.807, 2.05) is 25.1 Å². The molecular weight excluding hydrogens is 312 g/mol. The third-order valence-corrected chi connectivity index (χ3v) is 4.72. The maximum atomic E-state index is 12.1. The van der Waals surface area contributed by atoms with Gasteiger partial charge in [-0.3, -0.25) is 9.69 Å².